The molecular formula is C23H23N5. The Morgan fingerprint density at radius 2 is 1.54 bits per heavy atom. The highest BCUT2D eigenvalue weighted by molar-refractivity contribution is 5.30. The van der Waals surface area contributed by atoms with Crippen LogP contribution in [0.4, 0.5) is 0 Å². The predicted molar refractivity (Wildman–Crippen MR) is 109 cm³/mol. The van der Waals surface area contributed by atoms with Crippen molar-refractivity contribution in [2.24, 2.45) is 0 Å². The van der Waals surface area contributed by atoms with Crippen molar-refractivity contribution in [3.63, 3.8) is 0 Å². The van der Waals surface area contributed by atoms with Gasteiger partial charge in [-0.2, -0.15) is 0 Å². The summed E-state index contributed by atoms with van der Waals surface area (Å²) in [6.07, 6.45) is 12.4. The van der Waals surface area contributed by atoms with Crippen molar-refractivity contribution in [2.45, 2.75) is 31.7 Å². The second-order valence-corrected chi connectivity index (χ2v) is 6.89. The van der Waals surface area contributed by atoms with Gasteiger partial charge in [-0.1, -0.05) is 47.7 Å². The molecule has 0 amide bonds. The van der Waals surface area contributed by atoms with E-state index in [2.05, 4.69) is 62.9 Å². The molecule has 4 rings (SSSR count). The minimum absolute atomic E-state index is 0.164. The molecule has 0 aliphatic heterocycles. The van der Waals surface area contributed by atoms with Crippen LogP contribution in [0.1, 0.15) is 34.7 Å². The molecule has 3 aromatic heterocycles. The van der Waals surface area contributed by atoms with Gasteiger partial charge in [-0.15, -0.1) is 5.10 Å². The molecule has 5 heteroatoms. The summed E-state index contributed by atoms with van der Waals surface area (Å²) in [5.74, 6) is 0.164. The Bertz CT molecular complexity index is 928. The van der Waals surface area contributed by atoms with Crippen molar-refractivity contribution in [1.82, 2.24) is 25.0 Å². The van der Waals surface area contributed by atoms with Crippen molar-refractivity contribution in [2.75, 3.05) is 0 Å². The smallest absolute Gasteiger partial charge is 0.0836 e. The van der Waals surface area contributed by atoms with E-state index in [1.807, 2.05) is 35.3 Å². The van der Waals surface area contributed by atoms with Gasteiger partial charge in [-0.3, -0.25) is 14.6 Å². The fraction of sp³-hybridized carbons (Fsp3) is 0.217. The van der Waals surface area contributed by atoms with Crippen LogP contribution < -0.4 is 0 Å². The predicted octanol–water partition coefficient (Wildman–Crippen LogP) is 4.08. The van der Waals surface area contributed by atoms with Crippen LogP contribution in [-0.2, 0) is 19.4 Å². The van der Waals surface area contributed by atoms with E-state index >= 15 is 0 Å². The molecule has 0 spiro atoms. The molecule has 0 fully saturated rings. The number of hydrogen-bond acceptors (Lipinski definition) is 4. The van der Waals surface area contributed by atoms with Crippen LogP contribution in [0.2, 0.25) is 0 Å². The van der Waals surface area contributed by atoms with Crippen molar-refractivity contribution < 1.29 is 0 Å². The summed E-state index contributed by atoms with van der Waals surface area (Å²) in [6.45, 7) is 0.867. The minimum Gasteiger partial charge on any atom is -0.264 e. The average Bonchev–Trinajstić information content (AvgIpc) is 3.21. The van der Waals surface area contributed by atoms with E-state index in [1.54, 1.807) is 12.4 Å². The van der Waals surface area contributed by atoms with Gasteiger partial charge in [0.05, 0.1) is 5.69 Å². The van der Waals surface area contributed by atoms with Gasteiger partial charge in [0.15, 0.2) is 0 Å². The van der Waals surface area contributed by atoms with Gasteiger partial charge < -0.3 is 0 Å². The van der Waals surface area contributed by atoms with E-state index in [1.165, 1.54) is 5.56 Å². The molecule has 0 atom stereocenters. The number of hydrogen-bond donors (Lipinski definition) is 0. The number of benzene rings is 1. The third kappa shape index (κ3) is 4.68. The van der Waals surface area contributed by atoms with Crippen molar-refractivity contribution in [3.05, 3.63) is 108 Å². The second-order valence-electron chi connectivity index (χ2n) is 6.89. The maximum Gasteiger partial charge on any atom is 0.0836 e. The Balaban J connectivity index is 1.43. The van der Waals surface area contributed by atoms with Crippen LogP contribution in [0.3, 0.4) is 0 Å². The topological polar surface area (TPSA) is 56.5 Å². The molecular weight excluding hydrogens is 346 g/mol. The lowest BCUT2D eigenvalue weighted by Crippen LogP contribution is -2.06. The molecule has 5 nitrogen and oxygen atoms in total. The molecule has 0 saturated heterocycles. The molecule has 0 aliphatic carbocycles. The first-order valence-electron chi connectivity index (χ1n) is 9.61. The second kappa shape index (κ2) is 9.04. The highest BCUT2D eigenvalue weighted by Gasteiger charge is 2.17. The lowest BCUT2D eigenvalue weighted by molar-refractivity contribution is 0.558. The molecule has 28 heavy (non-hydrogen) atoms. The van der Waals surface area contributed by atoms with Crippen LogP contribution in [0.25, 0.3) is 0 Å². The van der Waals surface area contributed by atoms with Crippen LogP contribution in [0, 0.1) is 0 Å². The largest absolute Gasteiger partial charge is 0.264 e. The molecule has 140 valence electrons. The first kappa shape index (κ1) is 18.0. The summed E-state index contributed by atoms with van der Waals surface area (Å²) in [5, 5.41) is 8.73. The molecule has 0 radical (unpaired) electrons. The number of rotatable bonds is 8. The fourth-order valence-corrected chi connectivity index (χ4v) is 3.43. The number of pyridine rings is 2. The van der Waals surface area contributed by atoms with Gasteiger partial charge >= 0.3 is 0 Å². The van der Waals surface area contributed by atoms with Gasteiger partial charge in [0, 0.05) is 49.9 Å². The summed E-state index contributed by atoms with van der Waals surface area (Å²) >= 11 is 0. The molecule has 0 bridgehead atoms. The maximum absolute atomic E-state index is 4.40. The molecule has 0 aliphatic rings. The van der Waals surface area contributed by atoms with E-state index < -0.39 is 0 Å². The van der Waals surface area contributed by atoms with Gasteiger partial charge in [0.2, 0.25) is 0 Å². The first-order valence-corrected chi connectivity index (χ1v) is 9.61. The molecule has 1 aromatic carbocycles. The summed E-state index contributed by atoms with van der Waals surface area (Å²) in [4.78, 5) is 8.57. The zero-order valence-corrected chi connectivity index (χ0v) is 15.7. The highest BCUT2D eigenvalue weighted by Crippen LogP contribution is 2.26. The number of aryl methyl sites for hydroxylation is 2. The van der Waals surface area contributed by atoms with E-state index in [-0.39, 0.29) is 5.92 Å². The fourth-order valence-electron chi connectivity index (χ4n) is 3.43. The Morgan fingerprint density at radius 1 is 0.821 bits per heavy atom. The van der Waals surface area contributed by atoms with Gasteiger partial charge in [-0.25, -0.2) is 0 Å². The Labute approximate surface area is 165 Å². The zero-order chi connectivity index (χ0) is 19.0. The lowest BCUT2D eigenvalue weighted by atomic mass is 9.89. The summed E-state index contributed by atoms with van der Waals surface area (Å²) in [5.41, 5.74) is 4.66. The SMILES string of the molecule is c1ccc(CCCn2cc(CC(c3cccnc3)c3cccnc3)nn2)cc1. The van der Waals surface area contributed by atoms with Crippen LogP contribution in [0.5, 0.6) is 0 Å². The third-order valence-electron chi connectivity index (χ3n) is 4.87. The van der Waals surface area contributed by atoms with E-state index in [0.717, 1.165) is 42.6 Å². The lowest BCUT2D eigenvalue weighted by Gasteiger charge is -2.15. The molecule has 0 saturated carbocycles. The normalized spacial score (nSPS) is 11.0. The summed E-state index contributed by atoms with van der Waals surface area (Å²) < 4.78 is 1.95. The van der Waals surface area contributed by atoms with Crippen LogP contribution in [0.15, 0.2) is 85.6 Å². The monoisotopic (exact) mass is 369 g/mol. The van der Waals surface area contributed by atoms with E-state index in [0.29, 0.717) is 0 Å². The average molecular weight is 369 g/mol. The Morgan fingerprint density at radius 3 is 2.18 bits per heavy atom. The van der Waals surface area contributed by atoms with Crippen LogP contribution in [-0.4, -0.2) is 25.0 Å². The quantitative estimate of drug-likeness (QED) is 0.470. The third-order valence-corrected chi connectivity index (χ3v) is 4.87. The number of nitrogens with zero attached hydrogens (tertiary/aromatic N) is 5. The van der Waals surface area contributed by atoms with E-state index in [4.69, 9.17) is 0 Å². The van der Waals surface area contributed by atoms with E-state index in [9.17, 15) is 0 Å². The van der Waals surface area contributed by atoms with Gasteiger partial charge in [0.25, 0.3) is 0 Å². The van der Waals surface area contributed by atoms with Gasteiger partial charge in [0.1, 0.15) is 0 Å². The Hall–Kier alpha value is -3.34. The molecule has 3 heterocycles. The van der Waals surface area contributed by atoms with Crippen molar-refractivity contribution >= 4 is 0 Å². The molecule has 0 N–H and O–H groups in total. The van der Waals surface area contributed by atoms with Gasteiger partial charge in [-0.05, 0) is 41.7 Å². The number of aromatic nitrogens is 5. The highest BCUT2D eigenvalue weighted by atomic mass is 15.4. The Kier molecular flexibility index (Phi) is 5.83. The van der Waals surface area contributed by atoms with Crippen molar-refractivity contribution in [1.29, 1.82) is 0 Å². The summed E-state index contributed by atoms with van der Waals surface area (Å²) in [6, 6.07) is 18.7. The van der Waals surface area contributed by atoms with Crippen molar-refractivity contribution in [3.8, 4) is 0 Å². The molecule has 4 aromatic rings. The van der Waals surface area contributed by atoms with Crippen LogP contribution >= 0.6 is 0 Å². The molecule has 0 unspecified atom stereocenters. The zero-order valence-electron chi connectivity index (χ0n) is 15.7. The summed E-state index contributed by atoms with van der Waals surface area (Å²) in [7, 11) is 0. The minimum atomic E-state index is 0.164. The standard InChI is InChI=1S/C23H23N5/c1-2-7-19(8-3-1)9-6-14-28-18-22(26-27-28)15-23(20-10-4-12-24-16-20)21-11-5-13-25-17-21/h1-5,7-8,10-13,16-18,23H,6,9,14-15H2. The first-order chi connectivity index (χ1) is 13.9. The maximum atomic E-state index is 4.40.